The fourth-order valence-corrected chi connectivity index (χ4v) is 4.14. The minimum atomic E-state index is 0.170. The fraction of sp³-hybridized carbons (Fsp3) is 0.824. The molecule has 1 saturated carbocycles. The summed E-state index contributed by atoms with van der Waals surface area (Å²) in [6, 6.07) is 0.289. The van der Waals surface area contributed by atoms with Crippen LogP contribution >= 0.6 is 0 Å². The molecule has 1 aromatic heterocycles. The summed E-state index contributed by atoms with van der Waals surface area (Å²) < 4.78 is 2.33. The van der Waals surface area contributed by atoms with Crippen LogP contribution in [0.1, 0.15) is 57.8 Å². The van der Waals surface area contributed by atoms with Gasteiger partial charge in [-0.2, -0.15) is 0 Å². The lowest BCUT2D eigenvalue weighted by Crippen LogP contribution is -2.56. The predicted octanol–water partition coefficient (Wildman–Crippen LogP) is 3.06. The Morgan fingerprint density at radius 2 is 2.29 bits per heavy atom. The van der Waals surface area contributed by atoms with Crippen molar-refractivity contribution in [2.75, 3.05) is 21.1 Å². The number of hydrogen-bond acceptors (Lipinski definition) is 3. The molecule has 21 heavy (non-hydrogen) atoms. The van der Waals surface area contributed by atoms with Gasteiger partial charge in [-0.1, -0.05) is 26.7 Å². The molecule has 0 radical (unpaired) electrons. The first-order valence-electron chi connectivity index (χ1n) is 8.41. The van der Waals surface area contributed by atoms with Crippen molar-refractivity contribution in [3.05, 3.63) is 18.2 Å². The number of likely N-dealkylation sites (N-methyl/N-ethyl adjacent to an activating group) is 2. The van der Waals surface area contributed by atoms with Crippen molar-refractivity contribution >= 4 is 0 Å². The first-order chi connectivity index (χ1) is 10.0. The summed E-state index contributed by atoms with van der Waals surface area (Å²) >= 11 is 0. The Morgan fingerprint density at radius 3 is 2.86 bits per heavy atom. The topological polar surface area (TPSA) is 33.1 Å². The maximum absolute atomic E-state index is 4.71. The largest absolute Gasteiger partial charge is 0.334 e. The van der Waals surface area contributed by atoms with Crippen LogP contribution in [0.25, 0.3) is 0 Å². The molecule has 0 aromatic carbocycles. The van der Waals surface area contributed by atoms with Crippen LogP contribution in [0.4, 0.5) is 0 Å². The monoisotopic (exact) mass is 292 g/mol. The number of nitrogens with zero attached hydrogens (tertiary/aromatic N) is 3. The fourth-order valence-electron chi connectivity index (χ4n) is 4.14. The summed E-state index contributed by atoms with van der Waals surface area (Å²) in [5, 5.41) is 3.59. The zero-order chi connectivity index (χ0) is 15.5. The van der Waals surface area contributed by atoms with Crippen molar-refractivity contribution in [2.45, 2.75) is 64.1 Å². The van der Waals surface area contributed by atoms with E-state index >= 15 is 0 Å². The van der Waals surface area contributed by atoms with Crippen LogP contribution in [0.3, 0.4) is 0 Å². The second-order valence-electron chi connectivity index (χ2n) is 6.90. The average Bonchev–Trinajstić information content (AvgIpc) is 2.88. The molecule has 1 aliphatic carbocycles. The highest BCUT2D eigenvalue weighted by atomic mass is 15.2. The number of imidazole rings is 1. The number of hydrogen-bond donors (Lipinski definition) is 1. The lowest BCUT2D eigenvalue weighted by atomic mass is 9.71. The van der Waals surface area contributed by atoms with Gasteiger partial charge in [-0.3, -0.25) is 0 Å². The highest BCUT2D eigenvalue weighted by Crippen LogP contribution is 2.43. The third-order valence-electron chi connectivity index (χ3n) is 5.20. The summed E-state index contributed by atoms with van der Waals surface area (Å²) in [7, 11) is 6.55. The lowest BCUT2D eigenvalue weighted by molar-refractivity contribution is 0.0352. The molecule has 3 atom stereocenters. The molecule has 1 heterocycles. The molecule has 0 spiro atoms. The van der Waals surface area contributed by atoms with Gasteiger partial charge >= 0.3 is 0 Å². The molecule has 1 N–H and O–H groups in total. The van der Waals surface area contributed by atoms with Gasteiger partial charge in [0.2, 0.25) is 0 Å². The maximum Gasteiger partial charge on any atom is 0.127 e. The summed E-state index contributed by atoms with van der Waals surface area (Å²) in [4.78, 5) is 7.15. The second kappa shape index (κ2) is 6.93. The Labute approximate surface area is 129 Å². The van der Waals surface area contributed by atoms with Gasteiger partial charge in [0.1, 0.15) is 5.82 Å². The van der Waals surface area contributed by atoms with Gasteiger partial charge in [-0.05, 0) is 46.3 Å². The zero-order valence-corrected chi connectivity index (χ0v) is 14.4. The van der Waals surface area contributed by atoms with E-state index in [-0.39, 0.29) is 11.6 Å². The minimum absolute atomic E-state index is 0.170. The van der Waals surface area contributed by atoms with Crippen molar-refractivity contribution in [3.8, 4) is 0 Å². The lowest BCUT2D eigenvalue weighted by Gasteiger charge is -2.49. The van der Waals surface area contributed by atoms with E-state index in [1.807, 2.05) is 6.20 Å². The molecule has 0 amide bonds. The standard InChI is InChI=1S/C17H32N4/c1-6-11-21-12-10-19-16(21)15(18-3)17(20(4)5)9-7-8-14(2)13-17/h10,12,14-15,18H,6-9,11,13H2,1-5H3. The Balaban J connectivity index is 2.38. The van der Waals surface area contributed by atoms with E-state index in [0.717, 1.165) is 18.9 Å². The van der Waals surface area contributed by atoms with Crippen LogP contribution < -0.4 is 5.32 Å². The number of aromatic nitrogens is 2. The summed E-state index contributed by atoms with van der Waals surface area (Å²) in [5.74, 6) is 1.98. The van der Waals surface area contributed by atoms with Gasteiger partial charge in [0.25, 0.3) is 0 Å². The molecule has 0 aliphatic heterocycles. The van der Waals surface area contributed by atoms with Crippen molar-refractivity contribution in [1.82, 2.24) is 19.8 Å². The highest BCUT2D eigenvalue weighted by molar-refractivity contribution is 5.12. The van der Waals surface area contributed by atoms with Crippen LogP contribution in [0.2, 0.25) is 0 Å². The number of rotatable bonds is 6. The van der Waals surface area contributed by atoms with Crippen molar-refractivity contribution in [3.63, 3.8) is 0 Å². The van der Waals surface area contributed by atoms with Crippen LogP contribution in [0.15, 0.2) is 12.4 Å². The predicted molar refractivity (Wildman–Crippen MR) is 88.4 cm³/mol. The Bertz CT molecular complexity index is 440. The van der Waals surface area contributed by atoms with E-state index in [4.69, 9.17) is 4.98 Å². The molecule has 4 nitrogen and oxygen atoms in total. The van der Waals surface area contributed by atoms with Gasteiger partial charge in [-0.25, -0.2) is 4.98 Å². The third-order valence-corrected chi connectivity index (χ3v) is 5.20. The molecule has 0 saturated heterocycles. The molecule has 2 rings (SSSR count). The van der Waals surface area contributed by atoms with Crippen LogP contribution in [0, 0.1) is 5.92 Å². The SMILES string of the molecule is CCCn1ccnc1C(NC)C1(N(C)C)CCCC(C)C1. The van der Waals surface area contributed by atoms with E-state index in [1.54, 1.807) is 0 Å². The van der Waals surface area contributed by atoms with Gasteiger partial charge in [0.05, 0.1) is 6.04 Å². The quantitative estimate of drug-likeness (QED) is 0.875. The van der Waals surface area contributed by atoms with Gasteiger partial charge in [0, 0.05) is 24.5 Å². The third kappa shape index (κ3) is 3.16. The first-order valence-corrected chi connectivity index (χ1v) is 8.41. The highest BCUT2D eigenvalue weighted by Gasteiger charge is 2.45. The van der Waals surface area contributed by atoms with E-state index < -0.39 is 0 Å². The Morgan fingerprint density at radius 1 is 1.52 bits per heavy atom. The van der Waals surface area contributed by atoms with Crippen LogP contribution in [-0.4, -0.2) is 41.1 Å². The van der Waals surface area contributed by atoms with Crippen molar-refractivity contribution in [1.29, 1.82) is 0 Å². The molecule has 1 aromatic rings. The van der Waals surface area contributed by atoms with Crippen LogP contribution in [-0.2, 0) is 6.54 Å². The summed E-state index contributed by atoms with van der Waals surface area (Å²) in [6.45, 7) is 5.66. The first kappa shape index (κ1) is 16.5. The number of nitrogens with one attached hydrogen (secondary N) is 1. The van der Waals surface area contributed by atoms with E-state index in [2.05, 4.69) is 56.0 Å². The normalized spacial score (nSPS) is 28.0. The molecule has 1 aliphatic rings. The van der Waals surface area contributed by atoms with Crippen LogP contribution in [0.5, 0.6) is 0 Å². The summed E-state index contributed by atoms with van der Waals surface area (Å²) in [6.07, 6.45) is 10.4. The molecule has 4 heteroatoms. The molecule has 120 valence electrons. The van der Waals surface area contributed by atoms with E-state index in [0.29, 0.717) is 0 Å². The van der Waals surface area contributed by atoms with E-state index in [1.165, 1.54) is 31.5 Å². The Kier molecular flexibility index (Phi) is 5.44. The molecular weight excluding hydrogens is 260 g/mol. The van der Waals surface area contributed by atoms with Crippen molar-refractivity contribution < 1.29 is 0 Å². The average molecular weight is 292 g/mol. The van der Waals surface area contributed by atoms with Gasteiger partial charge in [-0.15, -0.1) is 0 Å². The van der Waals surface area contributed by atoms with Gasteiger partial charge in [0.15, 0.2) is 0 Å². The number of aryl methyl sites for hydroxylation is 1. The van der Waals surface area contributed by atoms with Gasteiger partial charge < -0.3 is 14.8 Å². The Hall–Kier alpha value is -0.870. The molecule has 0 bridgehead atoms. The smallest absolute Gasteiger partial charge is 0.127 e. The molecule has 3 unspecified atom stereocenters. The zero-order valence-electron chi connectivity index (χ0n) is 14.4. The second-order valence-corrected chi connectivity index (χ2v) is 6.90. The summed E-state index contributed by atoms with van der Waals surface area (Å²) in [5.41, 5.74) is 0.170. The minimum Gasteiger partial charge on any atom is -0.334 e. The van der Waals surface area contributed by atoms with E-state index in [9.17, 15) is 0 Å². The van der Waals surface area contributed by atoms with Crippen molar-refractivity contribution in [2.24, 2.45) is 5.92 Å². The maximum atomic E-state index is 4.71. The molecule has 1 fully saturated rings. The molecular formula is C17H32N4.